The van der Waals surface area contributed by atoms with Gasteiger partial charge in [-0.05, 0) is 42.0 Å². The van der Waals surface area contributed by atoms with Crippen molar-refractivity contribution in [1.82, 2.24) is 14.9 Å². The van der Waals surface area contributed by atoms with E-state index in [2.05, 4.69) is 40.6 Å². The van der Waals surface area contributed by atoms with E-state index in [0.717, 1.165) is 49.9 Å². The number of rotatable bonds is 6. The highest BCUT2D eigenvalue weighted by Gasteiger charge is 2.39. The smallest absolute Gasteiger partial charge is 0.230 e. The maximum atomic E-state index is 13.5. The third-order valence-electron chi connectivity index (χ3n) is 6.99. The number of hydrogen-bond donors (Lipinski definition) is 1. The molecule has 3 aromatic rings. The Hall–Kier alpha value is -3.41. The lowest BCUT2D eigenvalue weighted by molar-refractivity contribution is -0.135. The predicted octanol–water partition coefficient (Wildman–Crippen LogP) is 3.94. The Labute approximate surface area is 194 Å². The van der Waals surface area contributed by atoms with Crippen molar-refractivity contribution in [2.45, 2.75) is 45.2 Å². The van der Waals surface area contributed by atoms with Gasteiger partial charge in [-0.2, -0.15) is 0 Å². The van der Waals surface area contributed by atoms with Crippen LogP contribution in [0.2, 0.25) is 0 Å². The zero-order valence-electron chi connectivity index (χ0n) is 18.8. The van der Waals surface area contributed by atoms with E-state index in [4.69, 9.17) is 0 Å². The quantitative estimate of drug-likeness (QED) is 0.629. The van der Waals surface area contributed by atoms with Gasteiger partial charge in [-0.3, -0.25) is 9.59 Å². The monoisotopic (exact) mass is 442 g/mol. The van der Waals surface area contributed by atoms with Crippen molar-refractivity contribution in [1.29, 1.82) is 0 Å². The molecule has 170 valence electrons. The molecule has 2 heterocycles. The maximum absolute atomic E-state index is 13.5. The largest absolute Gasteiger partial charge is 0.352 e. The summed E-state index contributed by atoms with van der Waals surface area (Å²) in [4.78, 5) is 32.6. The van der Waals surface area contributed by atoms with Crippen molar-refractivity contribution < 1.29 is 9.59 Å². The molecule has 0 spiro atoms. The number of para-hydroxylation sites is 1. The molecular weight excluding hydrogens is 412 g/mol. The minimum Gasteiger partial charge on any atom is -0.352 e. The molecule has 0 saturated heterocycles. The molecule has 5 rings (SSSR count). The van der Waals surface area contributed by atoms with Crippen molar-refractivity contribution >= 4 is 17.5 Å². The third-order valence-corrected chi connectivity index (χ3v) is 6.99. The number of carbonyl (C=O) groups excluding carboxylic acids is 2. The molecule has 1 aliphatic heterocycles. The molecule has 2 amide bonds. The number of benzene rings is 2. The number of nitrogens with zero attached hydrogens (tertiary/aromatic N) is 3. The van der Waals surface area contributed by atoms with Gasteiger partial charge >= 0.3 is 0 Å². The van der Waals surface area contributed by atoms with Crippen LogP contribution >= 0.6 is 0 Å². The standard InChI is InChI=1S/C27H30N4O2/c32-26(29-17-20-9-11-21(12-10-20)18-30-16-14-28-19-30)23-6-2-3-7-24(23)27(33)31-15-13-22-5-1-4-8-25(22)31/h1,4-5,8-12,14,16,19,23-24H,2-3,6-7,13,15,17-18H2,(H,29,32)/t23-,24+/m0/s1. The second-order valence-electron chi connectivity index (χ2n) is 9.14. The fourth-order valence-corrected chi connectivity index (χ4v) is 5.18. The lowest BCUT2D eigenvalue weighted by atomic mass is 9.77. The summed E-state index contributed by atoms with van der Waals surface area (Å²) in [6.07, 6.45) is 9.99. The Morgan fingerprint density at radius 3 is 2.52 bits per heavy atom. The molecule has 6 heteroatoms. The molecule has 1 N–H and O–H groups in total. The summed E-state index contributed by atoms with van der Waals surface area (Å²) in [5, 5.41) is 3.10. The molecular formula is C27H30N4O2. The second kappa shape index (κ2) is 9.61. The van der Waals surface area contributed by atoms with Gasteiger partial charge in [-0.15, -0.1) is 0 Å². The first-order valence-electron chi connectivity index (χ1n) is 11.9. The van der Waals surface area contributed by atoms with Gasteiger partial charge in [-0.25, -0.2) is 4.98 Å². The predicted molar refractivity (Wildman–Crippen MR) is 128 cm³/mol. The average molecular weight is 443 g/mol. The molecule has 0 unspecified atom stereocenters. The molecule has 1 aliphatic carbocycles. The van der Waals surface area contributed by atoms with Gasteiger partial charge < -0.3 is 14.8 Å². The Balaban J connectivity index is 1.21. The van der Waals surface area contributed by atoms with Crippen LogP contribution in [0.4, 0.5) is 5.69 Å². The minimum atomic E-state index is -0.250. The lowest BCUT2D eigenvalue weighted by Gasteiger charge is -2.32. The van der Waals surface area contributed by atoms with Crippen LogP contribution in [0.15, 0.2) is 67.3 Å². The molecule has 2 aliphatic rings. The number of hydrogen-bond acceptors (Lipinski definition) is 3. The number of fused-ring (bicyclic) bond motifs is 1. The fourth-order valence-electron chi connectivity index (χ4n) is 5.18. The summed E-state index contributed by atoms with van der Waals surface area (Å²) >= 11 is 0. The zero-order valence-corrected chi connectivity index (χ0v) is 18.8. The minimum absolute atomic E-state index is 0.00280. The van der Waals surface area contributed by atoms with E-state index in [1.54, 1.807) is 12.5 Å². The molecule has 1 saturated carbocycles. The number of aromatic nitrogens is 2. The Morgan fingerprint density at radius 1 is 0.970 bits per heavy atom. The first-order valence-corrected chi connectivity index (χ1v) is 11.9. The van der Waals surface area contributed by atoms with Gasteiger partial charge in [-0.1, -0.05) is 55.3 Å². The highest BCUT2D eigenvalue weighted by Crippen LogP contribution is 2.36. The summed E-state index contributed by atoms with van der Waals surface area (Å²) in [6, 6.07) is 16.4. The van der Waals surface area contributed by atoms with E-state index >= 15 is 0 Å². The Bertz CT molecular complexity index is 1110. The van der Waals surface area contributed by atoms with E-state index < -0.39 is 0 Å². The summed E-state index contributed by atoms with van der Waals surface area (Å²) in [5.74, 6) is -0.367. The lowest BCUT2D eigenvalue weighted by Crippen LogP contribution is -2.45. The summed E-state index contributed by atoms with van der Waals surface area (Å²) in [5.41, 5.74) is 4.49. The maximum Gasteiger partial charge on any atom is 0.230 e. The van der Waals surface area contributed by atoms with Crippen LogP contribution in [0.3, 0.4) is 0 Å². The van der Waals surface area contributed by atoms with Crippen LogP contribution in [-0.4, -0.2) is 27.9 Å². The number of amides is 2. The molecule has 0 bridgehead atoms. The Kier molecular flexibility index (Phi) is 6.24. The van der Waals surface area contributed by atoms with Crippen LogP contribution in [-0.2, 0) is 29.1 Å². The van der Waals surface area contributed by atoms with Crippen molar-refractivity contribution in [3.05, 3.63) is 83.9 Å². The van der Waals surface area contributed by atoms with Crippen LogP contribution in [0.5, 0.6) is 0 Å². The van der Waals surface area contributed by atoms with E-state index in [1.165, 1.54) is 11.1 Å². The SMILES string of the molecule is O=C(NCc1ccc(Cn2ccnc2)cc1)[C@H]1CCCC[C@H]1C(=O)N1CCc2ccccc21. The zero-order chi connectivity index (χ0) is 22.6. The summed E-state index contributed by atoms with van der Waals surface area (Å²) in [6.45, 7) is 1.97. The highest BCUT2D eigenvalue weighted by molar-refractivity contribution is 5.99. The molecule has 1 aromatic heterocycles. The average Bonchev–Trinajstić information content (AvgIpc) is 3.53. The molecule has 2 aromatic carbocycles. The van der Waals surface area contributed by atoms with Crippen molar-refractivity contribution in [3.8, 4) is 0 Å². The first kappa shape index (κ1) is 21.4. The van der Waals surface area contributed by atoms with E-state index in [9.17, 15) is 9.59 Å². The van der Waals surface area contributed by atoms with Crippen LogP contribution < -0.4 is 10.2 Å². The molecule has 33 heavy (non-hydrogen) atoms. The van der Waals surface area contributed by atoms with E-state index in [0.29, 0.717) is 13.1 Å². The summed E-state index contributed by atoms with van der Waals surface area (Å²) < 4.78 is 2.02. The van der Waals surface area contributed by atoms with Gasteiger partial charge in [0.2, 0.25) is 11.8 Å². The van der Waals surface area contributed by atoms with Crippen molar-refractivity contribution in [2.75, 3.05) is 11.4 Å². The number of anilines is 1. The fraction of sp³-hybridized carbons (Fsp3) is 0.370. The van der Waals surface area contributed by atoms with E-state index in [-0.39, 0.29) is 23.7 Å². The molecule has 1 fully saturated rings. The van der Waals surface area contributed by atoms with Crippen molar-refractivity contribution in [2.24, 2.45) is 11.8 Å². The Morgan fingerprint density at radius 2 is 1.73 bits per heavy atom. The van der Waals surface area contributed by atoms with Gasteiger partial charge in [0.25, 0.3) is 0 Å². The number of nitrogens with one attached hydrogen (secondary N) is 1. The molecule has 6 nitrogen and oxygen atoms in total. The number of imidazole rings is 1. The van der Waals surface area contributed by atoms with Crippen LogP contribution in [0, 0.1) is 11.8 Å². The molecule has 0 radical (unpaired) electrons. The van der Waals surface area contributed by atoms with Gasteiger partial charge in [0.15, 0.2) is 0 Å². The summed E-state index contributed by atoms with van der Waals surface area (Å²) in [7, 11) is 0. The van der Waals surface area contributed by atoms with E-state index in [1.807, 2.05) is 33.9 Å². The van der Waals surface area contributed by atoms with Crippen LogP contribution in [0.1, 0.15) is 42.4 Å². The van der Waals surface area contributed by atoms with Crippen LogP contribution in [0.25, 0.3) is 0 Å². The molecule has 2 atom stereocenters. The number of carbonyl (C=O) groups is 2. The highest BCUT2D eigenvalue weighted by atomic mass is 16.2. The van der Waals surface area contributed by atoms with Gasteiger partial charge in [0, 0.05) is 43.6 Å². The normalized spacial score (nSPS) is 19.8. The van der Waals surface area contributed by atoms with Gasteiger partial charge in [0.05, 0.1) is 12.2 Å². The third kappa shape index (κ3) is 4.70. The van der Waals surface area contributed by atoms with Crippen molar-refractivity contribution in [3.63, 3.8) is 0 Å². The second-order valence-corrected chi connectivity index (χ2v) is 9.14. The van der Waals surface area contributed by atoms with Gasteiger partial charge in [0.1, 0.15) is 0 Å². The first-order chi connectivity index (χ1) is 16.2. The topological polar surface area (TPSA) is 67.2 Å².